The van der Waals surface area contributed by atoms with Gasteiger partial charge in [0.2, 0.25) is 0 Å². The van der Waals surface area contributed by atoms with E-state index in [1.807, 2.05) is 0 Å². The third kappa shape index (κ3) is 7.15. The number of aliphatic imine (C=N–C) groups is 1. The zero-order chi connectivity index (χ0) is 21.2. The molecule has 2 saturated heterocycles. The lowest BCUT2D eigenvalue weighted by molar-refractivity contribution is 0.0347. The second-order valence-electron chi connectivity index (χ2n) is 8.34. The van der Waals surface area contributed by atoms with Gasteiger partial charge in [-0.05, 0) is 56.7 Å². The number of benzene rings is 1. The van der Waals surface area contributed by atoms with Crippen LogP contribution < -0.4 is 15.5 Å². The maximum atomic E-state index is 9.31. The molecule has 0 spiro atoms. The van der Waals surface area contributed by atoms with Crippen molar-refractivity contribution in [3.8, 4) is 0 Å². The standard InChI is InChI=1S/C23H38N4O3/c1-3-24-23(26-18(2)16-30-22-10-13-29-17-22)25-14-19-4-6-21(7-5-19)27-11-8-20(15-28)9-12-27/h4-7,18,20,22,28H,3,8-17H2,1-2H3,(H2,24,25,26). The molecule has 30 heavy (non-hydrogen) atoms. The summed E-state index contributed by atoms with van der Waals surface area (Å²) < 4.78 is 11.3. The molecule has 0 aliphatic carbocycles. The van der Waals surface area contributed by atoms with Gasteiger partial charge in [0.1, 0.15) is 0 Å². The summed E-state index contributed by atoms with van der Waals surface area (Å²) in [6, 6.07) is 8.86. The van der Waals surface area contributed by atoms with E-state index in [-0.39, 0.29) is 12.1 Å². The van der Waals surface area contributed by atoms with E-state index in [9.17, 15) is 5.11 Å². The van der Waals surface area contributed by atoms with Gasteiger partial charge >= 0.3 is 0 Å². The van der Waals surface area contributed by atoms with E-state index in [1.165, 1.54) is 11.3 Å². The van der Waals surface area contributed by atoms with Crippen molar-refractivity contribution in [3.63, 3.8) is 0 Å². The van der Waals surface area contributed by atoms with Crippen LogP contribution in [0.4, 0.5) is 5.69 Å². The fraction of sp³-hybridized carbons (Fsp3) is 0.696. The zero-order valence-electron chi connectivity index (χ0n) is 18.5. The van der Waals surface area contributed by atoms with Crippen molar-refractivity contribution in [1.29, 1.82) is 0 Å². The molecule has 2 aliphatic heterocycles. The number of hydrogen-bond acceptors (Lipinski definition) is 5. The van der Waals surface area contributed by atoms with Crippen molar-refractivity contribution in [1.82, 2.24) is 10.6 Å². The highest BCUT2D eigenvalue weighted by Gasteiger charge is 2.19. The molecule has 0 saturated carbocycles. The SMILES string of the molecule is CCNC(=NCc1ccc(N2CCC(CO)CC2)cc1)NC(C)COC1CCOC1. The van der Waals surface area contributed by atoms with Crippen LogP contribution in [0.1, 0.15) is 38.7 Å². The molecule has 2 heterocycles. The van der Waals surface area contributed by atoms with Gasteiger partial charge in [0, 0.05) is 44.6 Å². The first-order chi connectivity index (χ1) is 14.7. The lowest BCUT2D eigenvalue weighted by Crippen LogP contribution is -2.44. The Hall–Kier alpha value is -1.83. The third-order valence-electron chi connectivity index (χ3n) is 5.79. The van der Waals surface area contributed by atoms with E-state index in [0.717, 1.165) is 51.5 Å². The quantitative estimate of drug-likeness (QED) is 0.421. The fourth-order valence-electron chi connectivity index (χ4n) is 3.88. The molecule has 7 nitrogen and oxygen atoms in total. The minimum atomic E-state index is 0.174. The number of piperidine rings is 1. The predicted octanol–water partition coefficient (Wildman–Crippen LogP) is 2.14. The number of aliphatic hydroxyl groups excluding tert-OH is 1. The van der Waals surface area contributed by atoms with Gasteiger partial charge in [0.05, 0.1) is 25.9 Å². The van der Waals surface area contributed by atoms with Gasteiger partial charge in [-0.1, -0.05) is 12.1 Å². The van der Waals surface area contributed by atoms with Crippen LogP contribution in [0.25, 0.3) is 0 Å². The summed E-state index contributed by atoms with van der Waals surface area (Å²) in [7, 11) is 0. The van der Waals surface area contributed by atoms with Gasteiger partial charge in [-0.3, -0.25) is 0 Å². The lowest BCUT2D eigenvalue weighted by atomic mass is 9.97. The van der Waals surface area contributed by atoms with Crippen molar-refractivity contribution in [2.75, 3.05) is 51.0 Å². The minimum absolute atomic E-state index is 0.174. The van der Waals surface area contributed by atoms with Crippen LogP contribution in [-0.4, -0.2) is 69.3 Å². The van der Waals surface area contributed by atoms with Gasteiger partial charge in [-0.2, -0.15) is 0 Å². The monoisotopic (exact) mass is 418 g/mol. The van der Waals surface area contributed by atoms with Gasteiger partial charge in [0.25, 0.3) is 0 Å². The van der Waals surface area contributed by atoms with Crippen LogP contribution in [0.15, 0.2) is 29.3 Å². The Balaban J connectivity index is 1.47. The van der Waals surface area contributed by atoms with E-state index in [2.05, 4.69) is 53.6 Å². The van der Waals surface area contributed by atoms with Gasteiger partial charge in [-0.15, -0.1) is 0 Å². The molecular formula is C23H38N4O3. The highest BCUT2D eigenvalue weighted by molar-refractivity contribution is 5.80. The maximum absolute atomic E-state index is 9.31. The van der Waals surface area contributed by atoms with E-state index in [4.69, 9.17) is 14.5 Å². The average Bonchev–Trinajstić information content (AvgIpc) is 3.30. The summed E-state index contributed by atoms with van der Waals surface area (Å²) >= 11 is 0. The second-order valence-corrected chi connectivity index (χ2v) is 8.34. The Morgan fingerprint density at radius 1 is 1.27 bits per heavy atom. The summed E-state index contributed by atoms with van der Waals surface area (Å²) in [6.07, 6.45) is 3.34. The van der Waals surface area contributed by atoms with Crippen LogP contribution in [0.5, 0.6) is 0 Å². The topological polar surface area (TPSA) is 78.4 Å². The molecule has 1 aromatic rings. The number of anilines is 1. The van der Waals surface area contributed by atoms with Crippen LogP contribution in [0.2, 0.25) is 0 Å². The molecule has 2 atom stereocenters. The molecule has 3 N–H and O–H groups in total. The number of rotatable bonds is 9. The van der Waals surface area contributed by atoms with Crippen molar-refractivity contribution in [2.24, 2.45) is 10.9 Å². The number of nitrogens with one attached hydrogen (secondary N) is 2. The van der Waals surface area contributed by atoms with Crippen molar-refractivity contribution < 1.29 is 14.6 Å². The number of aliphatic hydroxyl groups is 1. The smallest absolute Gasteiger partial charge is 0.191 e. The number of ether oxygens (including phenoxy) is 2. The largest absolute Gasteiger partial charge is 0.396 e. The molecule has 0 aromatic heterocycles. The summed E-state index contributed by atoms with van der Waals surface area (Å²) in [6.45, 7) is 10.1. The Morgan fingerprint density at radius 3 is 2.67 bits per heavy atom. The van der Waals surface area contributed by atoms with Crippen LogP contribution >= 0.6 is 0 Å². The molecule has 0 bridgehead atoms. The van der Waals surface area contributed by atoms with Crippen molar-refractivity contribution in [3.05, 3.63) is 29.8 Å². The zero-order valence-corrected chi connectivity index (χ0v) is 18.5. The molecule has 0 amide bonds. The van der Waals surface area contributed by atoms with Gasteiger partial charge in [0.15, 0.2) is 5.96 Å². The number of guanidine groups is 1. The number of hydrogen-bond donors (Lipinski definition) is 3. The van der Waals surface area contributed by atoms with E-state index in [1.54, 1.807) is 0 Å². The first kappa shape index (κ1) is 22.8. The summed E-state index contributed by atoms with van der Waals surface area (Å²) in [5, 5.41) is 16.1. The Morgan fingerprint density at radius 2 is 2.03 bits per heavy atom. The van der Waals surface area contributed by atoms with Crippen LogP contribution in [0, 0.1) is 5.92 Å². The van der Waals surface area contributed by atoms with E-state index < -0.39 is 0 Å². The normalized spacial score (nSPS) is 21.6. The molecule has 168 valence electrons. The van der Waals surface area contributed by atoms with Crippen molar-refractivity contribution >= 4 is 11.6 Å². The maximum Gasteiger partial charge on any atom is 0.191 e. The first-order valence-electron chi connectivity index (χ1n) is 11.4. The number of nitrogens with zero attached hydrogens (tertiary/aromatic N) is 2. The molecule has 3 rings (SSSR count). The average molecular weight is 419 g/mol. The molecule has 2 fully saturated rings. The third-order valence-corrected chi connectivity index (χ3v) is 5.79. The Labute approximate surface area is 180 Å². The molecule has 0 radical (unpaired) electrons. The molecule has 2 unspecified atom stereocenters. The molecule has 1 aromatic carbocycles. The molecular weight excluding hydrogens is 380 g/mol. The fourth-order valence-corrected chi connectivity index (χ4v) is 3.88. The highest BCUT2D eigenvalue weighted by atomic mass is 16.5. The minimum Gasteiger partial charge on any atom is -0.396 e. The van der Waals surface area contributed by atoms with Crippen LogP contribution in [-0.2, 0) is 16.0 Å². The molecule has 2 aliphatic rings. The first-order valence-corrected chi connectivity index (χ1v) is 11.4. The molecule has 7 heteroatoms. The highest BCUT2D eigenvalue weighted by Crippen LogP contribution is 2.23. The Bertz CT molecular complexity index is 638. The van der Waals surface area contributed by atoms with E-state index >= 15 is 0 Å². The van der Waals surface area contributed by atoms with E-state index in [0.29, 0.717) is 32.3 Å². The summed E-state index contributed by atoms with van der Waals surface area (Å²) in [5.41, 5.74) is 2.44. The van der Waals surface area contributed by atoms with Crippen molar-refractivity contribution in [2.45, 2.75) is 51.8 Å². The van der Waals surface area contributed by atoms with Gasteiger partial charge < -0.3 is 30.1 Å². The van der Waals surface area contributed by atoms with Crippen LogP contribution in [0.3, 0.4) is 0 Å². The predicted molar refractivity (Wildman–Crippen MR) is 121 cm³/mol. The summed E-state index contributed by atoms with van der Waals surface area (Å²) in [5.74, 6) is 1.28. The summed E-state index contributed by atoms with van der Waals surface area (Å²) in [4.78, 5) is 7.14. The Kier molecular flexibility index (Phi) is 9.24. The van der Waals surface area contributed by atoms with Gasteiger partial charge in [-0.25, -0.2) is 4.99 Å². The lowest BCUT2D eigenvalue weighted by Gasteiger charge is -2.32. The second kappa shape index (κ2) is 12.1.